The Hall–Kier alpha value is -2.59. The second-order valence-corrected chi connectivity index (χ2v) is 5.09. The Balaban J connectivity index is 2.11. The molecule has 2 aromatic carbocycles. The molecule has 0 aliphatic rings. The predicted octanol–water partition coefficient (Wildman–Crippen LogP) is 2.60. The molecule has 3 N–H and O–H groups in total. The number of hydrogen-bond acceptors (Lipinski definition) is 2. The largest absolute Gasteiger partial charge is 0.342 e. The summed E-state index contributed by atoms with van der Waals surface area (Å²) >= 11 is 0. The summed E-state index contributed by atoms with van der Waals surface area (Å²) in [6.07, 6.45) is 1.86. The van der Waals surface area contributed by atoms with Crippen LogP contribution < -0.4 is 11.3 Å². The Morgan fingerprint density at radius 3 is 2.62 bits per heavy atom. The van der Waals surface area contributed by atoms with E-state index >= 15 is 0 Å². The van der Waals surface area contributed by atoms with E-state index in [1.165, 1.54) is 11.1 Å². The Labute approximate surface area is 123 Å². The molecule has 0 atom stereocenters. The lowest BCUT2D eigenvalue weighted by Gasteiger charge is -2.08. The average molecular weight is 279 g/mol. The van der Waals surface area contributed by atoms with E-state index in [-0.39, 0.29) is 5.91 Å². The summed E-state index contributed by atoms with van der Waals surface area (Å²) in [6.45, 7) is 2.82. The fraction of sp³-hybridized carbons (Fsp3) is 0.118. The quantitative estimate of drug-likeness (QED) is 0.440. The molecule has 0 saturated carbocycles. The van der Waals surface area contributed by atoms with Crippen LogP contribution in [0.1, 0.15) is 21.5 Å². The number of aromatic nitrogens is 1. The van der Waals surface area contributed by atoms with Crippen LogP contribution in [0.15, 0.2) is 54.7 Å². The van der Waals surface area contributed by atoms with Crippen molar-refractivity contribution in [1.29, 1.82) is 0 Å². The Morgan fingerprint density at radius 1 is 1.14 bits per heavy atom. The number of nitrogens with one attached hydrogen (secondary N) is 1. The lowest BCUT2D eigenvalue weighted by molar-refractivity contribution is 0.0955. The van der Waals surface area contributed by atoms with Crippen LogP contribution in [0.2, 0.25) is 0 Å². The highest BCUT2D eigenvalue weighted by molar-refractivity contribution is 6.06. The number of benzene rings is 2. The van der Waals surface area contributed by atoms with E-state index in [1.807, 2.05) is 42.6 Å². The molecule has 1 aromatic heterocycles. The summed E-state index contributed by atoms with van der Waals surface area (Å²) in [7, 11) is 0. The van der Waals surface area contributed by atoms with Gasteiger partial charge < -0.3 is 4.57 Å². The first-order chi connectivity index (χ1) is 10.2. The van der Waals surface area contributed by atoms with Crippen molar-refractivity contribution in [3.05, 3.63) is 71.4 Å². The van der Waals surface area contributed by atoms with Gasteiger partial charge in [0.2, 0.25) is 0 Å². The maximum Gasteiger partial charge on any atom is 0.267 e. The summed E-state index contributed by atoms with van der Waals surface area (Å²) < 4.78 is 2.09. The topological polar surface area (TPSA) is 60.0 Å². The zero-order valence-corrected chi connectivity index (χ0v) is 11.8. The molecule has 0 aliphatic heterocycles. The third-order valence-electron chi connectivity index (χ3n) is 3.77. The minimum Gasteiger partial charge on any atom is -0.342 e. The van der Waals surface area contributed by atoms with Gasteiger partial charge in [0.25, 0.3) is 5.91 Å². The van der Waals surface area contributed by atoms with Crippen LogP contribution >= 0.6 is 0 Å². The van der Waals surface area contributed by atoms with E-state index in [0.717, 1.165) is 17.4 Å². The van der Waals surface area contributed by atoms with E-state index in [4.69, 9.17) is 5.84 Å². The summed E-state index contributed by atoms with van der Waals surface area (Å²) in [5, 5.41) is 0.911. The van der Waals surface area contributed by atoms with Gasteiger partial charge in [-0.15, -0.1) is 0 Å². The SMILES string of the molecule is Cc1ccccc1Cn1cc(C(=O)NN)c2ccccc21. The van der Waals surface area contributed by atoms with Gasteiger partial charge in [0.15, 0.2) is 0 Å². The van der Waals surface area contributed by atoms with E-state index in [0.29, 0.717) is 5.56 Å². The maximum absolute atomic E-state index is 11.9. The smallest absolute Gasteiger partial charge is 0.267 e. The first-order valence-electron chi connectivity index (χ1n) is 6.84. The van der Waals surface area contributed by atoms with Crippen molar-refractivity contribution in [2.75, 3.05) is 0 Å². The molecule has 0 spiro atoms. The van der Waals surface area contributed by atoms with Gasteiger partial charge in [-0.05, 0) is 24.1 Å². The standard InChI is InChI=1S/C17H17N3O/c1-12-6-2-3-7-13(12)10-20-11-15(17(21)19-18)14-8-4-5-9-16(14)20/h2-9,11H,10,18H2,1H3,(H,19,21). The van der Waals surface area contributed by atoms with Gasteiger partial charge in [-0.25, -0.2) is 5.84 Å². The zero-order chi connectivity index (χ0) is 14.8. The molecule has 0 aliphatic carbocycles. The number of nitrogens with zero attached hydrogens (tertiary/aromatic N) is 1. The summed E-state index contributed by atoms with van der Waals surface area (Å²) in [4.78, 5) is 11.9. The first kappa shape index (κ1) is 13.4. The van der Waals surface area contributed by atoms with Gasteiger partial charge in [-0.3, -0.25) is 10.2 Å². The second-order valence-electron chi connectivity index (χ2n) is 5.09. The van der Waals surface area contributed by atoms with Crippen LogP contribution in [0.3, 0.4) is 0 Å². The number of para-hydroxylation sites is 1. The molecule has 3 rings (SSSR count). The van der Waals surface area contributed by atoms with Crippen molar-refractivity contribution in [2.45, 2.75) is 13.5 Å². The van der Waals surface area contributed by atoms with Gasteiger partial charge in [-0.2, -0.15) is 0 Å². The minimum atomic E-state index is -0.269. The summed E-state index contributed by atoms with van der Waals surface area (Å²) in [5.74, 6) is 5.00. The molecule has 0 fully saturated rings. The lowest BCUT2D eigenvalue weighted by Crippen LogP contribution is -2.29. The molecule has 0 saturated heterocycles. The molecule has 4 nitrogen and oxygen atoms in total. The normalized spacial score (nSPS) is 10.8. The Bertz CT molecular complexity index is 805. The number of fused-ring (bicyclic) bond motifs is 1. The number of hydrazine groups is 1. The van der Waals surface area contributed by atoms with Gasteiger partial charge in [0.05, 0.1) is 5.56 Å². The van der Waals surface area contributed by atoms with Crippen LogP contribution in [-0.4, -0.2) is 10.5 Å². The van der Waals surface area contributed by atoms with E-state index in [9.17, 15) is 4.79 Å². The number of nitrogen functional groups attached to an aromatic ring is 1. The van der Waals surface area contributed by atoms with Crippen LogP contribution in [0, 0.1) is 6.92 Å². The molecule has 21 heavy (non-hydrogen) atoms. The molecule has 3 aromatic rings. The van der Waals surface area contributed by atoms with Crippen LogP contribution in [0.25, 0.3) is 10.9 Å². The van der Waals surface area contributed by atoms with Crippen molar-refractivity contribution >= 4 is 16.8 Å². The van der Waals surface area contributed by atoms with E-state index in [2.05, 4.69) is 29.0 Å². The second kappa shape index (κ2) is 5.42. The first-order valence-corrected chi connectivity index (χ1v) is 6.84. The fourth-order valence-electron chi connectivity index (χ4n) is 2.61. The van der Waals surface area contributed by atoms with Gasteiger partial charge in [0, 0.05) is 23.6 Å². The number of nitrogens with two attached hydrogens (primary N) is 1. The fourth-order valence-corrected chi connectivity index (χ4v) is 2.61. The van der Waals surface area contributed by atoms with Crippen molar-refractivity contribution in [1.82, 2.24) is 9.99 Å². The van der Waals surface area contributed by atoms with Crippen LogP contribution in [0.4, 0.5) is 0 Å². The van der Waals surface area contributed by atoms with Crippen molar-refractivity contribution in [3.63, 3.8) is 0 Å². The monoisotopic (exact) mass is 279 g/mol. The highest BCUT2D eigenvalue weighted by Gasteiger charge is 2.14. The zero-order valence-electron chi connectivity index (χ0n) is 11.8. The summed E-state index contributed by atoms with van der Waals surface area (Å²) in [6, 6.07) is 16.1. The number of carbonyl (C=O) groups excluding carboxylic acids is 1. The number of carbonyl (C=O) groups is 1. The third-order valence-corrected chi connectivity index (χ3v) is 3.77. The number of aryl methyl sites for hydroxylation is 1. The van der Waals surface area contributed by atoms with Gasteiger partial charge >= 0.3 is 0 Å². The maximum atomic E-state index is 11.9. The van der Waals surface area contributed by atoms with Crippen molar-refractivity contribution in [2.24, 2.45) is 5.84 Å². The number of hydrogen-bond donors (Lipinski definition) is 2. The molecule has 4 heteroatoms. The molecular weight excluding hydrogens is 262 g/mol. The number of amides is 1. The highest BCUT2D eigenvalue weighted by Crippen LogP contribution is 2.23. The Kier molecular flexibility index (Phi) is 3.46. The third kappa shape index (κ3) is 2.41. The highest BCUT2D eigenvalue weighted by atomic mass is 16.2. The molecule has 106 valence electrons. The summed E-state index contributed by atoms with van der Waals surface area (Å²) in [5.41, 5.74) is 6.31. The lowest BCUT2D eigenvalue weighted by atomic mass is 10.1. The van der Waals surface area contributed by atoms with Crippen LogP contribution in [0.5, 0.6) is 0 Å². The molecule has 0 bridgehead atoms. The Morgan fingerprint density at radius 2 is 1.86 bits per heavy atom. The van der Waals surface area contributed by atoms with E-state index in [1.54, 1.807) is 0 Å². The van der Waals surface area contributed by atoms with Crippen LogP contribution in [-0.2, 0) is 6.54 Å². The van der Waals surface area contributed by atoms with Crippen molar-refractivity contribution in [3.8, 4) is 0 Å². The molecule has 0 unspecified atom stereocenters. The van der Waals surface area contributed by atoms with Crippen molar-refractivity contribution < 1.29 is 4.79 Å². The molecule has 1 amide bonds. The van der Waals surface area contributed by atoms with E-state index < -0.39 is 0 Å². The molecule has 1 heterocycles. The minimum absolute atomic E-state index is 0.269. The van der Waals surface area contributed by atoms with Gasteiger partial charge in [0.1, 0.15) is 0 Å². The molecular formula is C17H17N3O. The predicted molar refractivity (Wildman–Crippen MR) is 83.9 cm³/mol. The average Bonchev–Trinajstić information content (AvgIpc) is 2.88. The number of rotatable bonds is 3. The molecule has 0 radical (unpaired) electrons. The van der Waals surface area contributed by atoms with Gasteiger partial charge in [-0.1, -0.05) is 42.5 Å².